The predicted molar refractivity (Wildman–Crippen MR) is 87.9 cm³/mol. The number of nitrogens with zero attached hydrogens (tertiary/aromatic N) is 2. The van der Waals surface area contributed by atoms with Crippen LogP contribution in [-0.4, -0.2) is 35.7 Å². The van der Waals surface area contributed by atoms with E-state index in [4.69, 9.17) is 14.6 Å². The van der Waals surface area contributed by atoms with Gasteiger partial charge in [-0.2, -0.15) is 5.10 Å². The lowest BCUT2D eigenvalue weighted by Gasteiger charge is -2.22. The Balaban J connectivity index is 1.64. The summed E-state index contributed by atoms with van der Waals surface area (Å²) in [5.41, 5.74) is 5.14. The van der Waals surface area contributed by atoms with Crippen molar-refractivity contribution in [3.05, 3.63) is 40.0 Å². The predicted octanol–water partition coefficient (Wildman–Crippen LogP) is 3.22. The first kappa shape index (κ1) is 14.4. The summed E-state index contributed by atoms with van der Waals surface area (Å²) in [6.07, 6.45) is 5.67. The number of rotatable bonds is 2. The van der Waals surface area contributed by atoms with Gasteiger partial charge in [-0.25, -0.2) is 0 Å². The van der Waals surface area contributed by atoms with Crippen LogP contribution in [0, 0.1) is 0 Å². The first-order valence-corrected chi connectivity index (χ1v) is 8.63. The lowest BCUT2D eigenvalue weighted by molar-refractivity contribution is -0.0946. The molecule has 1 fully saturated rings. The Morgan fingerprint density at radius 3 is 3.00 bits per heavy atom. The molecule has 0 N–H and O–H groups in total. The maximum atomic E-state index is 5.73. The van der Waals surface area contributed by atoms with Crippen LogP contribution in [0.5, 0.6) is 0 Å². The van der Waals surface area contributed by atoms with Crippen LogP contribution in [0.2, 0.25) is 0 Å². The third-order valence-electron chi connectivity index (χ3n) is 4.33. The summed E-state index contributed by atoms with van der Waals surface area (Å²) in [5.74, 6) is 0. The average Bonchev–Trinajstić information content (AvgIpc) is 2.83. The van der Waals surface area contributed by atoms with Crippen LogP contribution in [0.15, 0.2) is 28.9 Å². The molecule has 0 spiro atoms. The van der Waals surface area contributed by atoms with E-state index in [-0.39, 0.29) is 6.10 Å². The highest BCUT2D eigenvalue weighted by molar-refractivity contribution is 9.10. The number of aryl methyl sites for hydroxylation is 2. The van der Waals surface area contributed by atoms with Gasteiger partial charge in [0.15, 0.2) is 0 Å². The molecule has 0 bridgehead atoms. The maximum absolute atomic E-state index is 5.73. The molecule has 1 atom stereocenters. The summed E-state index contributed by atoms with van der Waals surface area (Å²) >= 11 is 3.57. The van der Waals surface area contributed by atoms with Crippen molar-refractivity contribution in [3.8, 4) is 11.3 Å². The van der Waals surface area contributed by atoms with Gasteiger partial charge in [0.1, 0.15) is 6.10 Å². The summed E-state index contributed by atoms with van der Waals surface area (Å²) in [7, 11) is 0. The Hall–Kier alpha value is -1.17. The van der Waals surface area contributed by atoms with Gasteiger partial charge in [-0.1, -0.05) is 22.0 Å². The molecule has 2 heterocycles. The Kier molecular flexibility index (Phi) is 4.03. The van der Waals surface area contributed by atoms with E-state index in [1.54, 1.807) is 0 Å². The molecule has 4 rings (SSSR count). The van der Waals surface area contributed by atoms with Crippen LogP contribution < -0.4 is 0 Å². The standard InChI is InChI=1S/C17H19BrN2O2/c18-14-4-5-16-12(8-14)2-1-3-13-9-20(19-17(13)16)10-15-11-21-6-7-22-15/h4-5,8-9,15H,1-3,6-7,10-11H2/t15-/m0/s1. The monoisotopic (exact) mass is 362 g/mol. The van der Waals surface area contributed by atoms with Crippen molar-refractivity contribution in [1.82, 2.24) is 9.78 Å². The fourth-order valence-electron chi connectivity index (χ4n) is 3.29. The third-order valence-corrected chi connectivity index (χ3v) is 4.82. The number of fused-ring (bicyclic) bond motifs is 3. The Morgan fingerprint density at radius 2 is 2.14 bits per heavy atom. The molecule has 1 aromatic heterocycles. The molecule has 2 aromatic rings. The zero-order valence-corrected chi connectivity index (χ0v) is 14.0. The van der Waals surface area contributed by atoms with Gasteiger partial charge in [-0.15, -0.1) is 0 Å². The van der Waals surface area contributed by atoms with Crippen molar-refractivity contribution >= 4 is 15.9 Å². The van der Waals surface area contributed by atoms with Crippen LogP contribution in [0.1, 0.15) is 17.5 Å². The largest absolute Gasteiger partial charge is 0.376 e. The summed E-state index contributed by atoms with van der Waals surface area (Å²) in [6.45, 7) is 2.81. The number of benzene rings is 1. The molecule has 1 aliphatic carbocycles. The van der Waals surface area contributed by atoms with Crippen molar-refractivity contribution in [2.24, 2.45) is 0 Å². The van der Waals surface area contributed by atoms with Crippen LogP contribution in [0.25, 0.3) is 11.3 Å². The van der Waals surface area contributed by atoms with Gasteiger partial charge in [0, 0.05) is 16.2 Å². The van der Waals surface area contributed by atoms with Gasteiger partial charge < -0.3 is 9.47 Å². The molecule has 0 unspecified atom stereocenters. The Morgan fingerprint density at radius 1 is 1.23 bits per heavy atom. The van der Waals surface area contributed by atoms with E-state index in [0.29, 0.717) is 19.8 Å². The lowest BCUT2D eigenvalue weighted by atomic mass is 10.0. The van der Waals surface area contributed by atoms with Crippen molar-refractivity contribution in [2.75, 3.05) is 19.8 Å². The van der Waals surface area contributed by atoms with Gasteiger partial charge in [-0.05, 0) is 42.5 Å². The summed E-state index contributed by atoms with van der Waals surface area (Å²) in [6, 6.07) is 6.51. The molecular weight excluding hydrogens is 344 g/mol. The van der Waals surface area contributed by atoms with Crippen LogP contribution in [0.3, 0.4) is 0 Å². The minimum absolute atomic E-state index is 0.113. The molecule has 1 aliphatic heterocycles. The molecule has 1 saturated heterocycles. The number of halogens is 1. The van der Waals surface area contributed by atoms with Crippen LogP contribution in [0.4, 0.5) is 0 Å². The molecule has 0 radical (unpaired) electrons. The van der Waals surface area contributed by atoms with Crippen molar-refractivity contribution in [3.63, 3.8) is 0 Å². The van der Waals surface area contributed by atoms with E-state index in [1.165, 1.54) is 23.1 Å². The third kappa shape index (κ3) is 2.85. The topological polar surface area (TPSA) is 36.3 Å². The molecule has 1 aromatic carbocycles. The van der Waals surface area contributed by atoms with E-state index in [1.807, 2.05) is 4.68 Å². The quantitative estimate of drug-likeness (QED) is 0.822. The Labute approximate surface area is 138 Å². The zero-order valence-electron chi connectivity index (χ0n) is 12.4. The van der Waals surface area contributed by atoms with E-state index >= 15 is 0 Å². The van der Waals surface area contributed by atoms with Gasteiger partial charge in [0.2, 0.25) is 0 Å². The first-order chi connectivity index (χ1) is 10.8. The van der Waals surface area contributed by atoms with E-state index in [9.17, 15) is 0 Å². The fourth-order valence-corrected chi connectivity index (χ4v) is 3.69. The van der Waals surface area contributed by atoms with Crippen molar-refractivity contribution in [1.29, 1.82) is 0 Å². The molecule has 2 aliphatic rings. The van der Waals surface area contributed by atoms with Crippen molar-refractivity contribution < 1.29 is 9.47 Å². The van der Waals surface area contributed by atoms with E-state index in [0.717, 1.165) is 29.6 Å². The van der Waals surface area contributed by atoms with Gasteiger partial charge >= 0.3 is 0 Å². The zero-order chi connectivity index (χ0) is 14.9. The molecule has 0 amide bonds. The van der Waals surface area contributed by atoms with Gasteiger partial charge in [0.05, 0.1) is 32.1 Å². The minimum Gasteiger partial charge on any atom is -0.376 e. The number of ether oxygens (including phenoxy) is 2. The fraction of sp³-hybridized carbons (Fsp3) is 0.471. The van der Waals surface area contributed by atoms with Crippen LogP contribution >= 0.6 is 15.9 Å². The summed E-state index contributed by atoms with van der Waals surface area (Å²) in [5, 5.41) is 4.84. The highest BCUT2D eigenvalue weighted by Crippen LogP contribution is 2.33. The molecule has 5 heteroatoms. The number of hydrogen-bond donors (Lipinski definition) is 0. The summed E-state index contributed by atoms with van der Waals surface area (Å²) < 4.78 is 14.4. The van der Waals surface area contributed by atoms with E-state index in [2.05, 4.69) is 40.3 Å². The van der Waals surface area contributed by atoms with E-state index < -0.39 is 0 Å². The highest BCUT2D eigenvalue weighted by atomic mass is 79.9. The normalized spacial score (nSPS) is 21.0. The smallest absolute Gasteiger partial charge is 0.100 e. The Bertz CT molecular complexity index is 677. The second-order valence-electron chi connectivity index (χ2n) is 5.95. The molecule has 0 saturated carbocycles. The average molecular weight is 363 g/mol. The second kappa shape index (κ2) is 6.14. The van der Waals surface area contributed by atoms with Gasteiger partial charge in [-0.3, -0.25) is 4.68 Å². The molecular formula is C17H19BrN2O2. The highest BCUT2D eigenvalue weighted by Gasteiger charge is 2.21. The summed E-state index contributed by atoms with van der Waals surface area (Å²) in [4.78, 5) is 0. The molecule has 4 nitrogen and oxygen atoms in total. The second-order valence-corrected chi connectivity index (χ2v) is 6.86. The number of aromatic nitrogens is 2. The first-order valence-electron chi connectivity index (χ1n) is 7.84. The molecule has 22 heavy (non-hydrogen) atoms. The lowest BCUT2D eigenvalue weighted by Crippen LogP contribution is -2.32. The van der Waals surface area contributed by atoms with Crippen LogP contribution in [-0.2, 0) is 28.9 Å². The maximum Gasteiger partial charge on any atom is 0.100 e. The SMILES string of the molecule is Brc1ccc2c(c1)CCCc1cn(C[C@H]3COCCO3)nc1-2. The molecule has 116 valence electrons. The van der Waals surface area contributed by atoms with Crippen molar-refractivity contribution in [2.45, 2.75) is 31.9 Å². The minimum atomic E-state index is 0.113. The number of hydrogen-bond acceptors (Lipinski definition) is 3. The van der Waals surface area contributed by atoms with Gasteiger partial charge in [0.25, 0.3) is 0 Å².